The van der Waals surface area contributed by atoms with E-state index >= 15 is 0 Å². The molecule has 0 heterocycles. The summed E-state index contributed by atoms with van der Waals surface area (Å²) in [6.07, 6.45) is 5.74. The summed E-state index contributed by atoms with van der Waals surface area (Å²) in [7, 11) is 0. The standard InChI is InChI=1S/C7H8O/c1-4-6(2)7(3)5-8/h1,5H,2-3H3/b7-6-. The van der Waals surface area contributed by atoms with Gasteiger partial charge in [-0.15, -0.1) is 6.42 Å². The highest BCUT2D eigenvalue weighted by molar-refractivity contribution is 5.74. The van der Waals surface area contributed by atoms with E-state index in [2.05, 4.69) is 5.92 Å². The number of hydrogen-bond acceptors (Lipinski definition) is 1. The lowest BCUT2D eigenvalue weighted by molar-refractivity contribution is -0.104. The number of carbonyl (C=O) groups is 1. The van der Waals surface area contributed by atoms with E-state index in [1.54, 1.807) is 13.8 Å². The molecule has 0 aliphatic heterocycles. The lowest BCUT2D eigenvalue weighted by atomic mass is 10.2. The smallest absolute Gasteiger partial charge is 0.146 e. The first-order valence-electron chi connectivity index (χ1n) is 2.31. The van der Waals surface area contributed by atoms with Crippen molar-refractivity contribution in [2.75, 3.05) is 0 Å². The average molecular weight is 108 g/mol. The van der Waals surface area contributed by atoms with Crippen LogP contribution in [0.4, 0.5) is 0 Å². The van der Waals surface area contributed by atoms with Crippen LogP contribution in [0.25, 0.3) is 0 Å². The van der Waals surface area contributed by atoms with Gasteiger partial charge in [0.05, 0.1) is 0 Å². The van der Waals surface area contributed by atoms with Gasteiger partial charge in [-0.1, -0.05) is 5.92 Å². The van der Waals surface area contributed by atoms with Crippen molar-refractivity contribution in [3.63, 3.8) is 0 Å². The van der Waals surface area contributed by atoms with Gasteiger partial charge in [-0.3, -0.25) is 4.79 Å². The Balaban J connectivity index is 4.33. The first kappa shape index (κ1) is 6.97. The lowest BCUT2D eigenvalue weighted by Crippen LogP contribution is -1.80. The summed E-state index contributed by atoms with van der Waals surface area (Å²) in [5, 5.41) is 0. The number of allylic oxidation sites excluding steroid dienone is 2. The molecule has 0 aliphatic rings. The topological polar surface area (TPSA) is 17.1 Å². The highest BCUT2D eigenvalue weighted by Gasteiger charge is 1.86. The summed E-state index contributed by atoms with van der Waals surface area (Å²) in [6, 6.07) is 0. The Kier molecular flexibility index (Phi) is 2.64. The third kappa shape index (κ3) is 1.61. The number of rotatable bonds is 1. The molecule has 0 aromatic heterocycles. The van der Waals surface area contributed by atoms with Crippen LogP contribution in [-0.2, 0) is 4.79 Å². The summed E-state index contributed by atoms with van der Waals surface area (Å²) < 4.78 is 0. The van der Waals surface area contributed by atoms with E-state index in [1.807, 2.05) is 0 Å². The second-order valence-corrected chi connectivity index (χ2v) is 1.57. The minimum Gasteiger partial charge on any atom is -0.298 e. The van der Waals surface area contributed by atoms with Gasteiger partial charge in [0.2, 0.25) is 0 Å². The molecule has 0 rings (SSSR count). The Morgan fingerprint density at radius 2 is 2.12 bits per heavy atom. The molecule has 0 saturated carbocycles. The second kappa shape index (κ2) is 3.04. The summed E-state index contributed by atoms with van der Waals surface area (Å²) in [5.74, 6) is 2.36. The molecule has 0 spiro atoms. The average Bonchev–Trinajstić information content (AvgIpc) is 1.84. The van der Waals surface area contributed by atoms with E-state index in [0.717, 1.165) is 6.29 Å². The molecule has 0 radical (unpaired) electrons. The Morgan fingerprint density at radius 3 is 2.25 bits per heavy atom. The van der Waals surface area contributed by atoms with Crippen molar-refractivity contribution >= 4 is 6.29 Å². The molecule has 0 fully saturated rings. The lowest BCUT2D eigenvalue weighted by Gasteiger charge is -1.86. The fourth-order valence-electron chi connectivity index (χ4n) is 0.202. The fourth-order valence-corrected chi connectivity index (χ4v) is 0.202. The zero-order valence-corrected chi connectivity index (χ0v) is 5.06. The van der Waals surface area contributed by atoms with Crippen LogP contribution < -0.4 is 0 Å². The van der Waals surface area contributed by atoms with E-state index in [4.69, 9.17) is 6.42 Å². The monoisotopic (exact) mass is 108 g/mol. The van der Waals surface area contributed by atoms with Crippen LogP contribution in [-0.4, -0.2) is 6.29 Å². The molecular weight excluding hydrogens is 100 g/mol. The normalized spacial score (nSPS) is 11.6. The molecule has 0 saturated heterocycles. The van der Waals surface area contributed by atoms with Crippen molar-refractivity contribution in [1.82, 2.24) is 0 Å². The van der Waals surface area contributed by atoms with Crippen LogP contribution in [0.15, 0.2) is 11.1 Å². The third-order valence-electron chi connectivity index (χ3n) is 0.985. The van der Waals surface area contributed by atoms with Crippen LogP contribution >= 0.6 is 0 Å². The predicted molar refractivity (Wildman–Crippen MR) is 33.3 cm³/mol. The fraction of sp³-hybridized carbons (Fsp3) is 0.286. The number of hydrogen-bond donors (Lipinski definition) is 0. The summed E-state index contributed by atoms with van der Waals surface area (Å²) in [5.41, 5.74) is 1.34. The quantitative estimate of drug-likeness (QED) is 0.280. The number of terminal acetylenes is 1. The van der Waals surface area contributed by atoms with Gasteiger partial charge in [0.25, 0.3) is 0 Å². The van der Waals surface area contributed by atoms with Gasteiger partial charge in [-0.05, 0) is 19.4 Å². The van der Waals surface area contributed by atoms with Crippen LogP contribution in [0.1, 0.15) is 13.8 Å². The SMILES string of the molecule is C#C/C(C)=C(/C)C=O. The highest BCUT2D eigenvalue weighted by Crippen LogP contribution is 1.95. The minimum absolute atomic E-state index is 0.632. The van der Waals surface area contributed by atoms with Crippen LogP contribution in [0.3, 0.4) is 0 Å². The zero-order chi connectivity index (χ0) is 6.57. The molecule has 0 bridgehead atoms. The van der Waals surface area contributed by atoms with Crippen molar-refractivity contribution in [2.24, 2.45) is 0 Å². The largest absolute Gasteiger partial charge is 0.298 e. The Bertz CT molecular complexity index is 158. The van der Waals surface area contributed by atoms with Crippen molar-refractivity contribution in [3.8, 4) is 12.3 Å². The molecule has 0 aliphatic carbocycles. The van der Waals surface area contributed by atoms with Crippen LogP contribution in [0, 0.1) is 12.3 Å². The van der Waals surface area contributed by atoms with Crippen molar-refractivity contribution < 1.29 is 4.79 Å². The van der Waals surface area contributed by atoms with Gasteiger partial charge in [-0.2, -0.15) is 0 Å². The maximum Gasteiger partial charge on any atom is 0.146 e. The molecule has 0 amide bonds. The van der Waals surface area contributed by atoms with Crippen molar-refractivity contribution in [2.45, 2.75) is 13.8 Å². The highest BCUT2D eigenvalue weighted by atomic mass is 16.1. The zero-order valence-electron chi connectivity index (χ0n) is 5.06. The van der Waals surface area contributed by atoms with Gasteiger partial charge < -0.3 is 0 Å². The maximum absolute atomic E-state index is 9.95. The second-order valence-electron chi connectivity index (χ2n) is 1.57. The first-order valence-corrected chi connectivity index (χ1v) is 2.31. The van der Waals surface area contributed by atoms with E-state index < -0.39 is 0 Å². The molecule has 0 aromatic carbocycles. The van der Waals surface area contributed by atoms with E-state index in [9.17, 15) is 4.79 Å². The van der Waals surface area contributed by atoms with E-state index in [0.29, 0.717) is 11.1 Å². The van der Waals surface area contributed by atoms with Crippen LogP contribution in [0.2, 0.25) is 0 Å². The molecule has 0 N–H and O–H groups in total. The van der Waals surface area contributed by atoms with Gasteiger partial charge in [0.15, 0.2) is 0 Å². The van der Waals surface area contributed by atoms with Gasteiger partial charge in [-0.25, -0.2) is 0 Å². The molecule has 1 nitrogen and oxygen atoms in total. The van der Waals surface area contributed by atoms with Gasteiger partial charge >= 0.3 is 0 Å². The summed E-state index contributed by atoms with van der Waals surface area (Å²) in [6.45, 7) is 3.44. The molecule has 0 atom stereocenters. The van der Waals surface area contributed by atoms with Crippen LogP contribution in [0.5, 0.6) is 0 Å². The Hall–Kier alpha value is -1.03. The van der Waals surface area contributed by atoms with Gasteiger partial charge in [0, 0.05) is 5.57 Å². The molecule has 8 heavy (non-hydrogen) atoms. The minimum atomic E-state index is 0.632. The molecule has 0 unspecified atom stereocenters. The molecule has 42 valence electrons. The number of aldehydes is 1. The molecule has 0 aromatic rings. The number of carbonyl (C=O) groups excluding carboxylic acids is 1. The van der Waals surface area contributed by atoms with Crippen molar-refractivity contribution in [1.29, 1.82) is 0 Å². The molecular formula is C7H8O. The Morgan fingerprint density at radius 1 is 1.62 bits per heavy atom. The maximum atomic E-state index is 9.95. The predicted octanol–water partition coefficient (Wildman–Crippen LogP) is 1.15. The first-order chi connectivity index (χ1) is 3.72. The third-order valence-corrected chi connectivity index (χ3v) is 0.985. The Labute approximate surface area is 49.4 Å². The molecule has 1 heteroatoms. The van der Waals surface area contributed by atoms with E-state index in [1.165, 1.54) is 0 Å². The van der Waals surface area contributed by atoms with Crippen molar-refractivity contribution in [3.05, 3.63) is 11.1 Å². The summed E-state index contributed by atoms with van der Waals surface area (Å²) >= 11 is 0. The van der Waals surface area contributed by atoms with E-state index in [-0.39, 0.29) is 0 Å². The summed E-state index contributed by atoms with van der Waals surface area (Å²) in [4.78, 5) is 9.95. The van der Waals surface area contributed by atoms with Gasteiger partial charge in [0.1, 0.15) is 6.29 Å².